The summed E-state index contributed by atoms with van der Waals surface area (Å²) in [7, 11) is 5.86. The number of oxime groups is 1. The smallest absolute Gasteiger partial charge is 0.504 e. The summed E-state index contributed by atoms with van der Waals surface area (Å²) in [5.41, 5.74) is 2.83. The van der Waals surface area contributed by atoms with E-state index in [9.17, 15) is 15.0 Å². The molecule has 10 rings (SSSR count). The van der Waals surface area contributed by atoms with Gasteiger partial charge in [0, 0.05) is 34.5 Å². The first-order valence-electron chi connectivity index (χ1n) is 16.9. The van der Waals surface area contributed by atoms with Gasteiger partial charge in [-0.25, -0.2) is 4.79 Å². The van der Waals surface area contributed by atoms with E-state index >= 15 is 0 Å². The van der Waals surface area contributed by atoms with Crippen LogP contribution in [0.5, 0.6) is 23.0 Å². The second-order valence-corrected chi connectivity index (χ2v) is 14.9. The lowest BCUT2D eigenvalue weighted by Gasteiger charge is -2.62. The third-order valence-corrected chi connectivity index (χ3v) is 13.4. The van der Waals surface area contributed by atoms with Gasteiger partial charge in [0.2, 0.25) is 0 Å². The van der Waals surface area contributed by atoms with Crippen molar-refractivity contribution < 1.29 is 38.8 Å². The highest BCUT2D eigenvalue weighted by atomic mass is 16.8. The van der Waals surface area contributed by atoms with Crippen LogP contribution in [-0.4, -0.2) is 102 Å². The number of carbonyl (C=O) groups excluding carboxylic acids is 1. The molecule has 2 N–H and O–H groups in total. The van der Waals surface area contributed by atoms with Gasteiger partial charge in [0.25, 0.3) is 0 Å². The van der Waals surface area contributed by atoms with Crippen LogP contribution in [0.3, 0.4) is 0 Å². The Morgan fingerprint density at radius 2 is 1.79 bits per heavy atom. The number of piperidine rings is 2. The Bertz CT molecular complexity index is 1810. The van der Waals surface area contributed by atoms with Gasteiger partial charge in [-0.15, -0.1) is 0 Å². The Hall–Kier alpha value is -3.80. The van der Waals surface area contributed by atoms with E-state index < -0.39 is 40.9 Å². The SMILES string of the molecule is COc1ccc2c3c1OC1/C(=N/OC(=O)O[C@H]4C=CC5C6Cc7ccc(O)c8c7[C@@]5(CCN6C)C4O8)CC[C@@]4(O)C(C2)N(C)CC[C@]314. The number of benzene rings is 2. The van der Waals surface area contributed by atoms with Crippen LogP contribution in [0.15, 0.2) is 41.6 Å². The van der Waals surface area contributed by atoms with E-state index in [1.165, 1.54) is 5.56 Å². The van der Waals surface area contributed by atoms with Crippen molar-refractivity contribution in [3.05, 3.63) is 58.7 Å². The average molecular weight is 642 g/mol. The maximum Gasteiger partial charge on any atom is 0.535 e. The molecule has 4 aliphatic carbocycles. The third kappa shape index (κ3) is 3.23. The van der Waals surface area contributed by atoms with E-state index in [0.717, 1.165) is 49.0 Å². The molecule has 2 spiro atoms. The fraction of sp³-hybridized carbons (Fsp3) is 0.556. The predicted octanol–water partition coefficient (Wildman–Crippen LogP) is 3.21. The molecule has 3 fully saturated rings. The number of rotatable bonds is 3. The Balaban J connectivity index is 0.957. The number of hydrogen-bond acceptors (Lipinski definition) is 11. The summed E-state index contributed by atoms with van der Waals surface area (Å²) in [6.45, 7) is 1.68. The highest BCUT2D eigenvalue weighted by Gasteiger charge is 2.72. The van der Waals surface area contributed by atoms with Crippen LogP contribution in [0.25, 0.3) is 0 Å². The van der Waals surface area contributed by atoms with Crippen molar-refractivity contribution in [3.8, 4) is 23.0 Å². The molecule has 246 valence electrons. The summed E-state index contributed by atoms with van der Waals surface area (Å²) in [6.07, 6.45) is 5.34. The molecule has 5 unspecified atom stereocenters. The molecular formula is C36H39N3O8. The molecule has 0 radical (unpaired) electrons. The van der Waals surface area contributed by atoms with Crippen molar-refractivity contribution in [1.29, 1.82) is 0 Å². The Kier molecular flexibility index (Phi) is 5.53. The number of aliphatic hydroxyl groups is 1. The normalized spacial score (nSPS) is 40.6. The second-order valence-electron chi connectivity index (χ2n) is 14.9. The fourth-order valence-electron chi connectivity index (χ4n) is 11.3. The molecule has 2 aromatic rings. The lowest BCUT2D eigenvalue weighted by atomic mass is 9.49. The number of carbonyl (C=O) groups is 1. The van der Waals surface area contributed by atoms with Gasteiger partial charge in [-0.1, -0.05) is 23.4 Å². The number of nitrogens with zero attached hydrogens (tertiary/aromatic N) is 3. The number of aromatic hydroxyl groups is 1. The summed E-state index contributed by atoms with van der Waals surface area (Å²) < 4.78 is 24.8. The Morgan fingerprint density at radius 1 is 0.979 bits per heavy atom. The monoisotopic (exact) mass is 641 g/mol. The predicted molar refractivity (Wildman–Crippen MR) is 168 cm³/mol. The number of phenols is 1. The molecule has 2 aromatic carbocycles. The highest BCUT2D eigenvalue weighted by Crippen LogP contribution is 2.65. The van der Waals surface area contributed by atoms with E-state index in [-0.39, 0.29) is 17.7 Å². The summed E-state index contributed by atoms with van der Waals surface area (Å²) in [5.74, 6) is 2.08. The van der Waals surface area contributed by atoms with Gasteiger partial charge in [0.15, 0.2) is 35.2 Å². The number of likely N-dealkylation sites (N-methyl/N-ethyl adjacent to an activating group) is 2. The zero-order valence-electron chi connectivity index (χ0n) is 26.8. The van der Waals surface area contributed by atoms with Crippen LogP contribution in [-0.2, 0) is 33.2 Å². The summed E-state index contributed by atoms with van der Waals surface area (Å²) in [4.78, 5) is 23.6. The van der Waals surface area contributed by atoms with Crippen LogP contribution < -0.4 is 14.2 Å². The maximum atomic E-state index is 13.4. The van der Waals surface area contributed by atoms with E-state index in [2.05, 4.69) is 41.2 Å². The first-order chi connectivity index (χ1) is 22.7. The largest absolute Gasteiger partial charge is 0.535 e. The molecule has 9 atom stereocenters. The van der Waals surface area contributed by atoms with Crippen molar-refractivity contribution in [3.63, 3.8) is 0 Å². The Morgan fingerprint density at radius 3 is 2.64 bits per heavy atom. The molecule has 11 heteroatoms. The lowest BCUT2D eigenvalue weighted by Crippen LogP contribution is -2.76. The molecule has 0 aromatic heterocycles. The summed E-state index contributed by atoms with van der Waals surface area (Å²) in [6, 6.07) is 7.97. The van der Waals surface area contributed by atoms with Crippen LogP contribution in [0.2, 0.25) is 0 Å². The van der Waals surface area contributed by atoms with E-state index in [1.807, 2.05) is 18.2 Å². The van der Waals surface area contributed by atoms with Gasteiger partial charge in [0.1, 0.15) is 6.10 Å². The average Bonchev–Trinajstić information content (AvgIpc) is 3.60. The molecule has 0 amide bonds. The van der Waals surface area contributed by atoms with Crippen LogP contribution in [0.4, 0.5) is 4.79 Å². The van der Waals surface area contributed by atoms with Crippen LogP contribution in [0.1, 0.15) is 47.9 Å². The molecule has 4 heterocycles. The minimum Gasteiger partial charge on any atom is -0.504 e. The number of hydrogen-bond donors (Lipinski definition) is 2. The standard InChI is InChI=1S/C36H39N3O8/c1-38-14-12-34-20-6-9-25(32(34)45-29-23(40)7-4-18(27(29)34)16-22(20)38)44-33(41)47-37-21-10-11-36(42)26-17-19-5-8-24(43-3)30-28(19)35(36,31(21)46-30)13-15-39(26)2/h4-9,20,22,25-26,31-32,40,42H,10-17H2,1-3H3/b37-21+/t20?,22?,25-,26?,31?,32?,34-,35-,36+/m0/s1. The number of likely N-dealkylation sites (tertiary alicyclic amines) is 2. The molecule has 11 nitrogen and oxygen atoms in total. The van der Waals surface area contributed by atoms with Crippen molar-refractivity contribution in [2.24, 2.45) is 11.1 Å². The van der Waals surface area contributed by atoms with Crippen molar-refractivity contribution in [2.45, 2.75) is 85.4 Å². The van der Waals surface area contributed by atoms with Crippen LogP contribution in [0, 0.1) is 5.92 Å². The Labute approximate surface area is 272 Å². The zero-order chi connectivity index (χ0) is 32.0. The first-order valence-corrected chi connectivity index (χ1v) is 16.9. The number of ether oxygens (including phenoxy) is 4. The number of phenolic OH excluding ortho intramolecular Hbond substituents is 1. The van der Waals surface area contributed by atoms with Gasteiger partial charge < -0.3 is 39.0 Å². The molecular weight excluding hydrogens is 602 g/mol. The molecule has 4 bridgehead atoms. The third-order valence-electron chi connectivity index (χ3n) is 13.4. The molecule has 47 heavy (non-hydrogen) atoms. The minimum absolute atomic E-state index is 0.0580. The van der Waals surface area contributed by atoms with E-state index in [0.29, 0.717) is 48.3 Å². The zero-order valence-corrected chi connectivity index (χ0v) is 26.8. The van der Waals surface area contributed by atoms with Crippen molar-refractivity contribution in [2.75, 3.05) is 34.3 Å². The molecule has 4 aliphatic heterocycles. The summed E-state index contributed by atoms with van der Waals surface area (Å²) >= 11 is 0. The summed E-state index contributed by atoms with van der Waals surface area (Å²) in [5, 5.41) is 27.7. The van der Waals surface area contributed by atoms with Crippen molar-refractivity contribution in [1.82, 2.24) is 9.80 Å². The second kappa shape index (κ2) is 9.21. The highest BCUT2D eigenvalue weighted by molar-refractivity contribution is 5.94. The van der Waals surface area contributed by atoms with Crippen LogP contribution >= 0.6 is 0 Å². The lowest BCUT2D eigenvalue weighted by molar-refractivity contribution is -0.161. The number of methoxy groups -OCH3 is 1. The molecule has 8 aliphatic rings. The van der Waals surface area contributed by atoms with E-state index in [1.54, 1.807) is 13.2 Å². The molecule has 1 saturated carbocycles. The molecule has 2 saturated heterocycles. The minimum atomic E-state index is -1.03. The van der Waals surface area contributed by atoms with Gasteiger partial charge >= 0.3 is 6.16 Å². The first kappa shape index (κ1) is 28.2. The van der Waals surface area contributed by atoms with Gasteiger partial charge in [-0.2, -0.15) is 0 Å². The van der Waals surface area contributed by atoms with Gasteiger partial charge in [-0.3, -0.25) is 4.84 Å². The van der Waals surface area contributed by atoms with Gasteiger partial charge in [-0.05, 0) is 95.0 Å². The van der Waals surface area contributed by atoms with Crippen molar-refractivity contribution >= 4 is 11.9 Å². The fourth-order valence-corrected chi connectivity index (χ4v) is 11.3. The topological polar surface area (TPSA) is 123 Å². The van der Waals surface area contributed by atoms with E-state index in [4.69, 9.17) is 23.8 Å². The van der Waals surface area contributed by atoms with Gasteiger partial charge in [0.05, 0.1) is 23.8 Å². The quantitative estimate of drug-likeness (QED) is 0.224. The maximum absolute atomic E-state index is 13.4.